The third-order valence-electron chi connectivity index (χ3n) is 5.73. The van der Waals surface area contributed by atoms with Crippen molar-refractivity contribution in [1.82, 2.24) is 9.80 Å². The highest BCUT2D eigenvalue weighted by Gasteiger charge is 2.35. The molecule has 2 heterocycles. The number of para-hydroxylation sites is 1. The number of likely N-dealkylation sites (tertiary alicyclic amines) is 1. The molecule has 2 aromatic rings. The standard InChI is InChI=1S/C23H27N3O2/c27-22-18-25(15-16-26(22)20-11-5-2-6-12-20)23(28)21-13-7-8-14-24(21)17-19-9-3-1-4-10-19/h1-6,9-12,21H,7-8,13-18H2/t21-/m0/s1. The predicted molar refractivity (Wildman–Crippen MR) is 110 cm³/mol. The lowest BCUT2D eigenvalue weighted by Crippen LogP contribution is -2.57. The summed E-state index contributed by atoms with van der Waals surface area (Å²) in [4.78, 5) is 31.8. The van der Waals surface area contributed by atoms with E-state index in [4.69, 9.17) is 0 Å². The van der Waals surface area contributed by atoms with Crippen LogP contribution in [0.2, 0.25) is 0 Å². The van der Waals surface area contributed by atoms with Gasteiger partial charge >= 0.3 is 0 Å². The largest absolute Gasteiger partial charge is 0.330 e. The number of carbonyl (C=O) groups is 2. The minimum Gasteiger partial charge on any atom is -0.330 e. The van der Waals surface area contributed by atoms with Gasteiger partial charge in [-0.15, -0.1) is 0 Å². The molecule has 0 N–H and O–H groups in total. The molecule has 2 aliphatic heterocycles. The van der Waals surface area contributed by atoms with Crippen molar-refractivity contribution in [2.45, 2.75) is 31.8 Å². The highest BCUT2D eigenvalue weighted by atomic mass is 16.2. The van der Waals surface area contributed by atoms with Crippen LogP contribution in [0.4, 0.5) is 5.69 Å². The smallest absolute Gasteiger partial charge is 0.246 e. The molecular weight excluding hydrogens is 350 g/mol. The molecule has 5 nitrogen and oxygen atoms in total. The second-order valence-corrected chi connectivity index (χ2v) is 7.61. The van der Waals surface area contributed by atoms with Crippen molar-refractivity contribution in [2.24, 2.45) is 0 Å². The van der Waals surface area contributed by atoms with E-state index in [2.05, 4.69) is 17.0 Å². The van der Waals surface area contributed by atoms with Crippen LogP contribution in [-0.2, 0) is 16.1 Å². The lowest BCUT2D eigenvalue weighted by molar-refractivity contribution is -0.142. The zero-order valence-corrected chi connectivity index (χ0v) is 16.2. The second-order valence-electron chi connectivity index (χ2n) is 7.61. The van der Waals surface area contributed by atoms with Crippen LogP contribution in [0.15, 0.2) is 60.7 Å². The number of anilines is 1. The molecule has 146 valence electrons. The molecule has 0 spiro atoms. The van der Waals surface area contributed by atoms with Crippen LogP contribution in [0.1, 0.15) is 24.8 Å². The van der Waals surface area contributed by atoms with E-state index in [1.54, 1.807) is 9.80 Å². The maximum Gasteiger partial charge on any atom is 0.246 e. The Bertz CT molecular complexity index is 809. The van der Waals surface area contributed by atoms with Crippen LogP contribution in [0, 0.1) is 0 Å². The fraction of sp³-hybridized carbons (Fsp3) is 0.391. The second kappa shape index (κ2) is 8.57. The molecule has 2 saturated heterocycles. The average molecular weight is 377 g/mol. The minimum absolute atomic E-state index is 0.00350. The Hall–Kier alpha value is -2.66. The van der Waals surface area contributed by atoms with Crippen molar-refractivity contribution in [2.75, 3.05) is 31.1 Å². The molecular formula is C23H27N3O2. The fourth-order valence-electron chi connectivity index (χ4n) is 4.23. The van der Waals surface area contributed by atoms with Gasteiger partial charge in [-0.1, -0.05) is 55.0 Å². The zero-order chi connectivity index (χ0) is 19.3. The fourth-order valence-corrected chi connectivity index (χ4v) is 4.23. The summed E-state index contributed by atoms with van der Waals surface area (Å²) in [5, 5.41) is 0. The van der Waals surface area contributed by atoms with Crippen LogP contribution < -0.4 is 4.90 Å². The monoisotopic (exact) mass is 377 g/mol. The quantitative estimate of drug-likeness (QED) is 0.823. The Morgan fingerprint density at radius 2 is 1.61 bits per heavy atom. The molecule has 4 rings (SSSR count). The summed E-state index contributed by atoms with van der Waals surface area (Å²) in [5.41, 5.74) is 2.13. The summed E-state index contributed by atoms with van der Waals surface area (Å²) in [7, 11) is 0. The Morgan fingerprint density at radius 1 is 0.893 bits per heavy atom. The Morgan fingerprint density at radius 3 is 2.32 bits per heavy atom. The van der Waals surface area contributed by atoms with Gasteiger partial charge in [0.25, 0.3) is 0 Å². The molecule has 2 fully saturated rings. The summed E-state index contributed by atoms with van der Waals surface area (Å²) in [5.74, 6) is 0.105. The molecule has 2 aliphatic rings. The van der Waals surface area contributed by atoms with Gasteiger partial charge in [0.1, 0.15) is 6.54 Å². The topological polar surface area (TPSA) is 43.9 Å². The number of nitrogens with zero attached hydrogens (tertiary/aromatic N) is 3. The maximum atomic E-state index is 13.3. The summed E-state index contributed by atoms with van der Waals surface area (Å²) < 4.78 is 0. The number of hydrogen-bond donors (Lipinski definition) is 0. The van der Waals surface area contributed by atoms with Crippen LogP contribution >= 0.6 is 0 Å². The van der Waals surface area contributed by atoms with E-state index in [1.165, 1.54) is 5.56 Å². The van der Waals surface area contributed by atoms with Crippen molar-refractivity contribution in [3.05, 3.63) is 66.2 Å². The molecule has 0 aliphatic carbocycles. The van der Waals surface area contributed by atoms with Gasteiger partial charge in [0.05, 0.1) is 6.04 Å². The molecule has 2 aromatic carbocycles. The van der Waals surface area contributed by atoms with E-state index in [0.29, 0.717) is 13.1 Å². The van der Waals surface area contributed by atoms with Crippen molar-refractivity contribution in [3.63, 3.8) is 0 Å². The highest BCUT2D eigenvalue weighted by Crippen LogP contribution is 2.23. The number of benzene rings is 2. The lowest BCUT2D eigenvalue weighted by Gasteiger charge is -2.40. The number of carbonyl (C=O) groups excluding carboxylic acids is 2. The first-order chi connectivity index (χ1) is 13.7. The molecule has 5 heteroatoms. The van der Waals surface area contributed by atoms with Gasteiger partial charge in [0, 0.05) is 25.3 Å². The van der Waals surface area contributed by atoms with E-state index in [-0.39, 0.29) is 24.4 Å². The number of piperazine rings is 1. The molecule has 0 aromatic heterocycles. The van der Waals surface area contributed by atoms with Gasteiger partial charge in [-0.3, -0.25) is 14.5 Å². The van der Waals surface area contributed by atoms with E-state index in [1.807, 2.05) is 48.5 Å². The Balaban J connectivity index is 1.42. The number of amides is 2. The molecule has 0 bridgehead atoms. The SMILES string of the molecule is O=C([C@@H]1CCCCN1Cc1ccccc1)N1CCN(c2ccccc2)C(=O)C1. The first kappa shape index (κ1) is 18.7. The van der Waals surface area contributed by atoms with Gasteiger partial charge < -0.3 is 9.80 Å². The van der Waals surface area contributed by atoms with E-state index in [9.17, 15) is 9.59 Å². The first-order valence-corrected chi connectivity index (χ1v) is 10.1. The molecule has 1 atom stereocenters. The normalized spacial score (nSPS) is 21.0. The van der Waals surface area contributed by atoms with Crippen LogP contribution in [-0.4, -0.2) is 53.8 Å². The van der Waals surface area contributed by atoms with E-state index < -0.39 is 0 Å². The summed E-state index contributed by atoms with van der Waals surface area (Å²) in [6.45, 7) is 3.04. The summed E-state index contributed by atoms with van der Waals surface area (Å²) >= 11 is 0. The van der Waals surface area contributed by atoms with Crippen LogP contribution in [0.25, 0.3) is 0 Å². The van der Waals surface area contributed by atoms with Gasteiger partial charge in [-0.2, -0.15) is 0 Å². The summed E-state index contributed by atoms with van der Waals surface area (Å²) in [6.07, 6.45) is 3.07. The number of rotatable bonds is 4. The van der Waals surface area contributed by atoms with Gasteiger partial charge in [0.2, 0.25) is 11.8 Å². The van der Waals surface area contributed by atoms with E-state index >= 15 is 0 Å². The number of piperidine rings is 1. The Kier molecular flexibility index (Phi) is 5.72. The average Bonchev–Trinajstić information content (AvgIpc) is 2.75. The van der Waals surface area contributed by atoms with Crippen molar-refractivity contribution in [1.29, 1.82) is 0 Å². The molecule has 0 radical (unpaired) electrons. The van der Waals surface area contributed by atoms with Crippen molar-refractivity contribution < 1.29 is 9.59 Å². The molecule has 0 saturated carbocycles. The van der Waals surface area contributed by atoms with Crippen molar-refractivity contribution in [3.8, 4) is 0 Å². The number of hydrogen-bond acceptors (Lipinski definition) is 3. The summed E-state index contributed by atoms with van der Waals surface area (Å²) in [6, 6.07) is 19.9. The Labute approximate surface area is 166 Å². The maximum absolute atomic E-state index is 13.3. The lowest BCUT2D eigenvalue weighted by atomic mass is 9.99. The predicted octanol–water partition coefficient (Wildman–Crippen LogP) is 2.92. The first-order valence-electron chi connectivity index (χ1n) is 10.1. The highest BCUT2D eigenvalue weighted by molar-refractivity contribution is 5.98. The third kappa shape index (κ3) is 4.09. The van der Waals surface area contributed by atoms with Crippen LogP contribution in [0.3, 0.4) is 0 Å². The minimum atomic E-state index is -0.120. The van der Waals surface area contributed by atoms with Gasteiger partial charge in [-0.05, 0) is 37.1 Å². The molecule has 2 amide bonds. The molecule has 28 heavy (non-hydrogen) atoms. The van der Waals surface area contributed by atoms with E-state index in [0.717, 1.165) is 38.0 Å². The van der Waals surface area contributed by atoms with Crippen molar-refractivity contribution >= 4 is 17.5 Å². The zero-order valence-electron chi connectivity index (χ0n) is 16.2. The third-order valence-corrected chi connectivity index (χ3v) is 5.73. The van der Waals surface area contributed by atoms with Gasteiger partial charge in [-0.25, -0.2) is 0 Å². The van der Waals surface area contributed by atoms with Gasteiger partial charge in [0.15, 0.2) is 0 Å². The molecule has 0 unspecified atom stereocenters. The van der Waals surface area contributed by atoms with Crippen LogP contribution in [0.5, 0.6) is 0 Å².